The van der Waals surface area contributed by atoms with Crippen LogP contribution in [-0.2, 0) is 17.9 Å². The van der Waals surface area contributed by atoms with E-state index in [0.717, 1.165) is 16.9 Å². The van der Waals surface area contributed by atoms with Crippen LogP contribution in [0.5, 0.6) is 5.75 Å². The van der Waals surface area contributed by atoms with E-state index in [2.05, 4.69) is 5.32 Å². The first-order valence-electron chi connectivity index (χ1n) is 7.86. The molecule has 0 aliphatic carbocycles. The number of rotatable bonds is 7. The fraction of sp³-hybridized carbons (Fsp3) is 0.316. The molecule has 0 spiro atoms. The number of carbonyl (C=O) groups is 1. The average molecular weight is 347 g/mol. The van der Waals surface area contributed by atoms with Crippen LogP contribution >= 0.6 is 11.6 Å². The van der Waals surface area contributed by atoms with Crippen LogP contribution in [-0.4, -0.2) is 30.9 Å². The molecule has 0 unspecified atom stereocenters. The number of nitrogens with one attached hydrogen (secondary N) is 1. The van der Waals surface area contributed by atoms with Crippen molar-refractivity contribution >= 4 is 17.5 Å². The summed E-state index contributed by atoms with van der Waals surface area (Å²) in [4.78, 5) is 13.4. The topological polar surface area (TPSA) is 41.6 Å². The molecule has 0 bridgehead atoms. The van der Waals surface area contributed by atoms with E-state index in [4.69, 9.17) is 16.3 Å². The normalized spacial score (nSPS) is 11.8. The van der Waals surface area contributed by atoms with E-state index in [-0.39, 0.29) is 11.9 Å². The molecule has 0 aromatic heterocycles. The summed E-state index contributed by atoms with van der Waals surface area (Å²) >= 11 is 5.96. The van der Waals surface area contributed by atoms with Crippen LogP contribution < -0.4 is 10.1 Å². The van der Waals surface area contributed by atoms with Gasteiger partial charge < -0.3 is 15.0 Å². The van der Waals surface area contributed by atoms with Crippen LogP contribution in [0.4, 0.5) is 0 Å². The molecule has 0 saturated carbocycles. The van der Waals surface area contributed by atoms with E-state index in [9.17, 15) is 4.79 Å². The number of hydrogen-bond acceptors (Lipinski definition) is 3. The van der Waals surface area contributed by atoms with Gasteiger partial charge in [0.15, 0.2) is 0 Å². The molecule has 0 heterocycles. The fourth-order valence-corrected chi connectivity index (χ4v) is 2.46. The molecule has 0 aliphatic rings. The van der Waals surface area contributed by atoms with Gasteiger partial charge in [-0.15, -0.1) is 0 Å². The van der Waals surface area contributed by atoms with Crippen molar-refractivity contribution in [2.45, 2.75) is 26.1 Å². The third-order valence-electron chi connectivity index (χ3n) is 3.64. The zero-order valence-corrected chi connectivity index (χ0v) is 15.0. The quantitative estimate of drug-likeness (QED) is 0.834. The third-order valence-corrected chi connectivity index (χ3v) is 3.88. The summed E-state index contributed by atoms with van der Waals surface area (Å²) in [5.74, 6) is 0.868. The predicted molar refractivity (Wildman–Crippen MR) is 97.2 cm³/mol. The fourth-order valence-electron chi connectivity index (χ4n) is 2.24. The van der Waals surface area contributed by atoms with Gasteiger partial charge in [0.2, 0.25) is 5.91 Å². The molecule has 0 fully saturated rings. The number of halogens is 1. The summed E-state index contributed by atoms with van der Waals surface area (Å²) < 4.78 is 5.76. The van der Waals surface area contributed by atoms with Crippen LogP contribution in [0.1, 0.15) is 18.1 Å². The average Bonchev–Trinajstić information content (AvgIpc) is 2.58. The van der Waals surface area contributed by atoms with Gasteiger partial charge in [-0.1, -0.05) is 35.9 Å². The first-order chi connectivity index (χ1) is 11.5. The SMILES string of the molecule is C[C@H](NCc1ccc(OCc2cccc(Cl)c2)cc1)C(=O)N(C)C. The van der Waals surface area contributed by atoms with Crippen molar-refractivity contribution in [2.75, 3.05) is 14.1 Å². The summed E-state index contributed by atoms with van der Waals surface area (Å²) in [6.07, 6.45) is 0. The first-order valence-corrected chi connectivity index (χ1v) is 8.24. The highest BCUT2D eigenvalue weighted by Gasteiger charge is 2.13. The Balaban J connectivity index is 1.83. The Labute approximate surface area is 148 Å². The number of hydrogen-bond donors (Lipinski definition) is 1. The van der Waals surface area contributed by atoms with E-state index in [1.807, 2.05) is 55.5 Å². The number of carbonyl (C=O) groups excluding carboxylic acids is 1. The van der Waals surface area contributed by atoms with Crippen LogP contribution in [0.3, 0.4) is 0 Å². The molecule has 0 aliphatic heterocycles. The Bertz CT molecular complexity index is 671. The highest BCUT2D eigenvalue weighted by Crippen LogP contribution is 2.16. The lowest BCUT2D eigenvalue weighted by atomic mass is 10.2. The van der Waals surface area contributed by atoms with Gasteiger partial charge in [0, 0.05) is 25.7 Å². The van der Waals surface area contributed by atoms with Gasteiger partial charge in [0.25, 0.3) is 0 Å². The van der Waals surface area contributed by atoms with Gasteiger partial charge in [0.1, 0.15) is 12.4 Å². The number of benzene rings is 2. The second-order valence-electron chi connectivity index (χ2n) is 5.90. The maximum atomic E-state index is 11.8. The number of ether oxygens (including phenoxy) is 1. The molecule has 0 saturated heterocycles. The summed E-state index contributed by atoms with van der Waals surface area (Å²) in [6.45, 7) is 2.98. The molecule has 2 rings (SSSR count). The van der Waals surface area contributed by atoms with Crippen molar-refractivity contribution in [1.82, 2.24) is 10.2 Å². The van der Waals surface area contributed by atoms with Crippen molar-refractivity contribution < 1.29 is 9.53 Å². The van der Waals surface area contributed by atoms with Gasteiger partial charge >= 0.3 is 0 Å². The zero-order chi connectivity index (χ0) is 17.5. The molecule has 4 nitrogen and oxygen atoms in total. The van der Waals surface area contributed by atoms with Crippen LogP contribution in [0.25, 0.3) is 0 Å². The van der Waals surface area contributed by atoms with Crippen molar-refractivity contribution in [2.24, 2.45) is 0 Å². The van der Waals surface area contributed by atoms with Gasteiger partial charge in [0.05, 0.1) is 6.04 Å². The maximum absolute atomic E-state index is 11.8. The Morgan fingerprint density at radius 3 is 2.50 bits per heavy atom. The second kappa shape index (κ2) is 8.71. The molecule has 0 radical (unpaired) electrons. The molecule has 128 valence electrons. The van der Waals surface area contributed by atoms with Gasteiger partial charge in [-0.3, -0.25) is 4.79 Å². The molecular formula is C19H23ClN2O2. The second-order valence-corrected chi connectivity index (χ2v) is 6.33. The van der Waals surface area contributed by atoms with Crippen LogP contribution in [0, 0.1) is 0 Å². The lowest BCUT2D eigenvalue weighted by Crippen LogP contribution is -2.41. The summed E-state index contributed by atoms with van der Waals surface area (Å²) in [5, 5.41) is 3.92. The Hall–Kier alpha value is -2.04. The molecule has 2 aromatic carbocycles. The third kappa shape index (κ3) is 5.55. The molecular weight excluding hydrogens is 324 g/mol. The van der Waals surface area contributed by atoms with Crippen molar-refractivity contribution in [3.63, 3.8) is 0 Å². The predicted octanol–water partition coefficient (Wildman–Crippen LogP) is 3.49. The van der Waals surface area contributed by atoms with Crippen LogP contribution in [0.15, 0.2) is 48.5 Å². The summed E-state index contributed by atoms with van der Waals surface area (Å²) in [5.41, 5.74) is 2.13. The summed E-state index contributed by atoms with van der Waals surface area (Å²) in [7, 11) is 3.51. The van der Waals surface area contributed by atoms with Gasteiger partial charge in [-0.2, -0.15) is 0 Å². The van der Waals surface area contributed by atoms with E-state index < -0.39 is 0 Å². The minimum Gasteiger partial charge on any atom is -0.489 e. The number of nitrogens with zero attached hydrogens (tertiary/aromatic N) is 1. The molecule has 1 N–H and O–H groups in total. The van der Waals surface area contributed by atoms with Crippen LogP contribution in [0.2, 0.25) is 5.02 Å². The standard InChI is InChI=1S/C19H23ClN2O2/c1-14(19(23)22(2)3)21-12-15-7-9-18(10-8-15)24-13-16-5-4-6-17(20)11-16/h4-11,14,21H,12-13H2,1-3H3/t14-/m0/s1. The zero-order valence-electron chi connectivity index (χ0n) is 14.3. The van der Waals surface area contributed by atoms with Crippen molar-refractivity contribution in [3.8, 4) is 5.75 Å². The number of amides is 1. The van der Waals surface area contributed by atoms with E-state index in [1.165, 1.54) is 0 Å². The Morgan fingerprint density at radius 2 is 1.88 bits per heavy atom. The van der Waals surface area contributed by atoms with Gasteiger partial charge in [-0.25, -0.2) is 0 Å². The first kappa shape index (κ1) is 18.3. The highest BCUT2D eigenvalue weighted by molar-refractivity contribution is 6.30. The lowest BCUT2D eigenvalue weighted by molar-refractivity contribution is -0.130. The van der Waals surface area contributed by atoms with E-state index in [1.54, 1.807) is 19.0 Å². The minimum absolute atomic E-state index is 0.0662. The molecule has 2 aromatic rings. The Morgan fingerprint density at radius 1 is 1.17 bits per heavy atom. The summed E-state index contributed by atoms with van der Waals surface area (Å²) in [6, 6.07) is 15.3. The van der Waals surface area contributed by atoms with Crippen molar-refractivity contribution in [3.05, 3.63) is 64.7 Å². The molecule has 5 heteroatoms. The number of likely N-dealkylation sites (N-methyl/N-ethyl adjacent to an activating group) is 1. The smallest absolute Gasteiger partial charge is 0.238 e. The molecule has 1 amide bonds. The van der Waals surface area contributed by atoms with E-state index in [0.29, 0.717) is 18.2 Å². The van der Waals surface area contributed by atoms with E-state index >= 15 is 0 Å². The van der Waals surface area contributed by atoms with Crippen molar-refractivity contribution in [1.29, 1.82) is 0 Å². The largest absolute Gasteiger partial charge is 0.489 e. The minimum atomic E-state index is -0.209. The lowest BCUT2D eigenvalue weighted by Gasteiger charge is -2.18. The molecule has 1 atom stereocenters. The Kier molecular flexibility index (Phi) is 6.64. The monoisotopic (exact) mass is 346 g/mol. The highest BCUT2D eigenvalue weighted by atomic mass is 35.5. The molecule has 24 heavy (non-hydrogen) atoms. The van der Waals surface area contributed by atoms with Gasteiger partial charge in [-0.05, 0) is 42.3 Å². The maximum Gasteiger partial charge on any atom is 0.238 e.